The lowest BCUT2D eigenvalue weighted by molar-refractivity contribution is 0.0778. The molecule has 1 aromatic rings. The average molecular weight is 282 g/mol. The molecule has 0 spiro atoms. The van der Waals surface area contributed by atoms with E-state index in [2.05, 4.69) is 6.58 Å². The maximum atomic E-state index is 12.2. The van der Waals surface area contributed by atoms with Crippen LogP contribution in [0.4, 0.5) is 0 Å². The van der Waals surface area contributed by atoms with E-state index in [9.17, 15) is 13.2 Å². The molecule has 0 aliphatic heterocycles. The van der Waals surface area contributed by atoms with Gasteiger partial charge in [-0.2, -0.15) is 0 Å². The van der Waals surface area contributed by atoms with Crippen molar-refractivity contribution in [1.82, 2.24) is 4.90 Å². The Kier molecular flexibility index (Phi) is 4.85. The first-order valence-corrected chi connectivity index (χ1v) is 7.37. The lowest BCUT2D eigenvalue weighted by Gasteiger charge is -2.21. The van der Waals surface area contributed by atoms with Crippen molar-refractivity contribution in [2.24, 2.45) is 5.14 Å². The number of rotatable bonds is 5. The Labute approximate surface area is 113 Å². The lowest BCUT2D eigenvalue weighted by Crippen LogP contribution is -2.32. The zero-order valence-corrected chi connectivity index (χ0v) is 11.9. The normalized spacial score (nSPS) is 11.1. The predicted octanol–water partition coefficient (Wildman–Crippen LogP) is 1.37. The van der Waals surface area contributed by atoms with Crippen LogP contribution in [0.5, 0.6) is 0 Å². The van der Waals surface area contributed by atoms with Crippen LogP contribution in [-0.4, -0.2) is 32.3 Å². The number of primary sulfonamides is 1. The fourth-order valence-electron chi connectivity index (χ4n) is 1.62. The van der Waals surface area contributed by atoms with Gasteiger partial charge >= 0.3 is 0 Å². The van der Waals surface area contributed by atoms with E-state index in [1.165, 1.54) is 24.3 Å². The first-order chi connectivity index (χ1) is 8.75. The van der Waals surface area contributed by atoms with E-state index in [0.717, 1.165) is 5.57 Å². The summed E-state index contributed by atoms with van der Waals surface area (Å²) in [6.07, 6.45) is 0. The maximum absolute atomic E-state index is 12.2. The van der Waals surface area contributed by atoms with Gasteiger partial charge in [-0.25, -0.2) is 13.6 Å². The van der Waals surface area contributed by atoms with E-state index in [-0.39, 0.29) is 10.8 Å². The number of hydrogen-bond donors (Lipinski definition) is 1. The number of nitrogens with zero attached hydrogens (tertiary/aromatic N) is 1. The fraction of sp³-hybridized carbons (Fsp3) is 0.308. The summed E-state index contributed by atoms with van der Waals surface area (Å²) in [6, 6.07) is 5.58. The number of nitrogens with two attached hydrogens (primary N) is 1. The second kappa shape index (κ2) is 5.99. The Hall–Kier alpha value is -1.66. The molecular formula is C13H18N2O3S. The highest BCUT2D eigenvalue weighted by Gasteiger charge is 2.15. The van der Waals surface area contributed by atoms with Crippen molar-refractivity contribution in [1.29, 1.82) is 0 Å². The summed E-state index contributed by atoms with van der Waals surface area (Å²) < 4.78 is 22.2. The topological polar surface area (TPSA) is 80.5 Å². The van der Waals surface area contributed by atoms with Crippen molar-refractivity contribution in [2.45, 2.75) is 18.7 Å². The van der Waals surface area contributed by atoms with E-state index in [1.54, 1.807) is 4.90 Å². The second-order valence-corrected chi connectivity index (χ2v) is 5.91. The number of amides is 1. The molecule has 19 heavy (non-hydrogen) atoms. The van der Waals surface area contributed by atoms with Gasteiger partial charge in [0.1, 0.15) is 0 Å². The first kappa shape index (κ1) is 15.4. The molecule has 6 heteroatoms. The molecule has 0 unspecified atom stereocenters. The number of carbonyl (C=O) groups excluding carboxylic acids is 1. The van der Waals surface area contributed by atoms with Crippen LogP contribution in [0.1, 0.15) is 24.2 Å². The Morgan fingerprint density at radius 3 is 2.21 bits per heavy atom. The van der Waals surface area contributed by atoms with Crippen LogP contribution < -0.4 is 5.14 Å². The Bertz CT molecular complexity index is 576. The molecule has 104 valence electrons. The minimum absolute atomic E-state index is 0.00741. The van der Waals surface area contributed by atoms with Crippen LogP contribution in [0.3, 0.4) is 0 Å². The molecule has 0 radical (unpaired) electrons. The maximum Gasteiger partial charge on any atom is 0.254 e. The highest BCUT2D eigenvalue weighted by Crippen LogP contribution is 2.11. The molecule has 2 N–H and O–H groups in total. The zero-order valence-electron chi connectivity index (χ0n) is 11.1. The van der Waals surface area contributed by atoms with Crippen molar-refractivity contribution in [3.8, 4) is 0 Å². The number of sulfonamides is 1. The van der Waals surface area contributed by atoms with Gasteiger partial charge in [-0.05, 0) is 38.1 Å². The average Bonchev–Trinajstić information content (AvgIpc) is 2.34. The van der Waals surface area contributed by atoms with Gasteiger partial charge < -0.3 is 4.90 Å². The third-order valence-corrected chi connectivity index (χ3v) is 3.49. The summed E-state index contributed by atoms with van der Waals surface area (Å²) in [5.74, 6) is -0.161. The fourth-order valence-corrected chi connectivity index (χ4v) is 2.14. The molecule has 0 bridgehead atoms. The van der Waals surface area contributed by atoms with Crippen LogP contribution in [0, 0.1) is 0 Å². The van der Waals surface area contributed by atoms with Crippen molar-refractivity contribution >= 4 is 15.9 Å². The van der Waals surface area contributed by atoms with Crippen LogP contribution in [-0.2, 0) is 10.0 Å². The van der Waals surface area contributed by atoms with Crippen LogP contribution >= 0.6 is 0 Å². The summed E-state index contributed by atoms with van der Waals surface area (Å²) in [5, 5.41) is 5.00. The Morgan fingerprint density at radius 2 is 1.84 bits per heavy atom. The zero-order chi connectivity index (χ0) is 14.6. The van der Waals surface area contributed by atoms with Crippen molar-refractivity contribution in [3.05, 3.63) is 42.0 Å². The van der Waals surface area contributed by atoms with E-state index in [4.69, 9.17) is 5.14 Å². The largest absolute Gasteiger partial charge is 0.335 e. The van der Waals surface area contributed by atoms with E-state index >= 15 is 0 Å². The van der Waals surface area contributed by atoms with Crippen molar-refractivity contribution in [3.63, 3.8) is 0 Å². The smallest absolute Gasteiger partial charge is 0.254 e. The minimum Gasteiger partial charge on any atom is -0.335 e. The molecule has 0 heterocycles. The highest BCUT2D eigenvalue weighted by atomic mass is 32.2. The molecule has 0 aliphatic carbocycles. The van der Waals surface area contributed by atoms with Crippen LogP contribution in [0.25, 0.3) is 0 Å². The molecule has 0 aromatic heterocycles. The second-order valence-electron chi connectivity index (χ2n) is 4.35. The van der Waals surface area contributed by atoms with E-state index < -0.39 is 10.0 Å². The number of likely N-dealkylation sites (N-methyl/N-ethyl adjacent to an activating group) is 1. The van der Waals surface area contributed by atoms with Gasteiger partial charge in [0.15, 0.2) is 0 Å². The van der Waals surface area contributed by atoms with E-state index in [1.807, 2.05) is 13.8 Å². The number of benzene rings is 1. The van der Waals surface area contributed by atoms with Crippen molar-refractivity contribution < 1.29 is 13.2 Å². The minimum atomic E-state index is -3.73. The van der Waals surface area contributed by atoms with E-state index in [0.29, 0.717) is 18.7 Å². The molecule has 0 fully saturated rings. The SMILES string of the molecule is C=C(C)CN(CC)C(=O)c1ccc(S(N)(=O)=O)cc1. The number of carbonyl (C=O) groups is 1. The molecule has 1 aromatic carbocycles. The Morgan fingerprint density at radius 1 is 1.32 bits per heavy atom. The molecule has 1 rings (SSSR count). The van der Waals surface area contributed by atoms with Gasteiger partial charge in [0, 0.05) is 18.7 Å². The molecule has 0 saturated carbocycles. The first-order valence-electron chi connectivity index (χ1n) is 5.82. The number of hydrogen-bond acceptors (Lipinski definition) is 3. The quantitative estimate of drug-likeness (QED) is 0.828. The standard InChI is InChI=1S/C13H18N2O3S/c1-4-15(9-10(2)3)13(16)11-5-7-12(8-6-11)19(14,17)18/h5-8H,2,4,9H2,1,3H3,(H2,14,17,18). The van der Waals surface area contributed by atoms with Gasteiger partial charge in [-0.15, -0.1) is 0 Å². The summed E-state index contributed by atoms with van der Waals surface area (Å²) in [6.45, 7) is 8.53. The molecule has 0 aliphatic rings. The van der Waals surface area contributed by atoms with Gasteiger partial charge in [-0.1, -0.05) is 12.2 Å². The predicted molar refractivity (Wildman–Crippen MR) is 74.2 cm³/mol. The molecule has 5 nitrogen and oxygen atoms in total. The molecule has 0 atom stereocenters. The van der Waals surface area contributed by atoms with Crippen molar-refractivity contribution in [2.75, 3.05) is 13.1 Å². The van der Waals surface area contributed by atoms with Gasteiger partial charge in [-0.3, -0.25) is 4.79 Å². The third-order valence-electron chi connectivity index (χ3n) is 2.56. The summed E-state index contributed by atoms with van der Waals surface area (Å²) in [4.78, 5) is 13.8. The highest BCUT2D eigenvalue weighted by molar-refractivity contribution is 7.89. The van der Waals surface area contributed by atoms with Gasteiger partial charge in [0.05, 0.1) is 4.90 Å². The lowest BCUT2D eigenvalue weighted by atomic mass is 10.2. The molecular weight excluding hydrogens is 264 g/mol. The van der Waals surface area contributed by atoms with Crippen LogP contribution in [0.15, 0.2) is 41.3 Å². The van der Waals surface area contributed by atoms with Gasteiger partial charge in [0.2, 0.25) is 10.0 Å². The summed E-state index contributed by atoms with van der Waals surface area (Å²) in [7, 11) is -3.73. The summed E-state index contributed by atoms with van der Waals surface area (Å²) in [5.41, 5.74) is 1.31. The van der Waals surface area contributed by atoms with Crippen LogP contribution in [0.2, 0.25) is 0 Å². The van der Waals surface area contributed by atoms with Gasteiger partial charge in [0.25, 0.3) is 5.91 Å². The third kappa shape index (κ3) is 4.18. The summed E-state index contributed by atoms with van der Waals surface area (Å²) >= 11 is 0. The monoisotopic (exact) mass is 282 g/mol. The molecule has 1 amide bonds. The molecule has 0 saturated heterocycles. The Balaban J connectivity index is 2.97.